The van der Waals surface area contributed by atoms with Gasteiger partial charge >= 0.3 is 0 Å². The number of nitrogens with zero attached hydrogens (tertiary/aromatic N) is 5. The smallest absolute Gasteiger partial charge is 0.223 e. The minimum absolute atomic E-state index is 0.00393. The third-order valence-corrected chi connectivity index (χ3v) is 12.2. The average Bonchev–Trinajstić information content (AvgIpc) is 3.02. The summed E-state index contributed by atoms with van der Waals surface area (Å²) < 4.78 is 21.5. The molecule has 1 saturated heterocycles. The summed E-state index contributed by atoms with van der Waals surface area (Å²) in [5.41, 5.74) is 10.3. The predicted octanol–water partition coefficient (Wildman–Crippen LogP) is 7.99. The van der Waals surface area contributed by atoms with Gasteiger partial charge in [0.05, 0.1) is 6.10 Å². The molecule has 0 N–H and O–H groups in total. The molecule has 1 aromatic carbocycles. The molecule has 10 heteroatoms. The summed E-state index contributed by atoms with van der Waals surface area (Å²) in [4.78, 5) is 7.65. The first-order chi connectivity index (χ1) is 16.3. The summed E-state index contributed by atoms with van der Waals surface area (Å²) in [6.45, 7) is 19.0. The average molecular weight is 516 g/mol. The minimum atomic E-state index is -2.18. The van der Waals surface area contributed by atoms with E-state index in [-0.39, 0.29) is 17.1 Å². The van der Waals surface area contributed by atoms with Crippen LogP contribution in [0.15, 0.2) is 35.6 Å². The number of ether oxygens (including phenoxy) is 2. The van der Waals surface area contributed by atoms with Gasteiger partial charge in [-0.2, -0.15) is 4.98 Å². The molecule has 0 spiro atoms. The van der Waals surface area contributed by atoms with E-state index in [0.29, 0.717) is 17.1 Å². The van der Waals surface area contributed by atoms with Crippen molar-refractivity contribution in [1.82, 2.24) is 9.55 Å². The van der Waals surface area contributed by atoms with Crippen molar-refractivity contribution in [3.63, 3.8) is 0 Å². The molecule has 1 aliphatic heterocycles. The molecule has 190 valence electrons. The van der Waals surface area contributed by atoms with Crippen molar-refractivity contribution in [2.45, 2.75) is 91.1 Å². The first-order valence-electron chi connectivity index (χ1n) is 12.0. The van der Waals surface area contributed by atoms with Gasteiger partial charge in [-0.05, 0) is 67.3 Å². The fourth-order valence-corrected chi connectivity index (χ4v) is 5.77. The molecule has 4 atom stereocenters. The Labute approximate surface area is 214 Å². The van der Waals surface area contributed by atoms with Crippen LogP contribution in [0.25, 0.3) is 10.4 Å². The molecule has 0 saturated carbocycles. The van der Waals surface area contributed by atoms with Gasteiger partial charge in [-0.3, -0.25) is 4.57 Å². The molecule has 1 unspecified atom stereocenters. The molecular formula is C25H37N5O3SSi. The van der Waals surface area contributed by atoms with Crippen LogP contribution in [0.3, 0.4) is 0 Å². The molecule has 0 radical (unpaired) electrons. The van der Waals surface area contributed by atoms with Crippen molar-refractivity contribution < 1.29 is 13.9 Å². The molecule has 3 rings (SSSR count). The van der Waals surface area contributed by atoms with E-state index in [1.165, 1.54) is 0 Å². The van der Waals surface area contributed by atoms with Gasteiger partial charge in [0.2, 0.25) is 10.7 Å². The molecule has 2 aromatic rings. The van der Waals surface area contributed by atoms with Crippen LogP contribution in [-0.2, 0) is 9.16 Å². The molecule has 1 aliphatic rings. The Kier molecular flexibility index (Phi) is 7.84. The largest absolute Gasteiger partial charge is 0.438 e. The maximum Gasteiger partial charge on any atom is 0.223 e. The lowest BCUT2D eigenvalue weighted by atomic mass is 9.93. The Morgan fingerprint density at radius 1 is 1.26 bits per heavy atom. The number of hydrogen-bond acceptors (Lipinski definition) is 6. The van der Waals surface area contributed by atoms with E-state index in [1.54, 1.807) is 10.6 Å². The minimum Gasteiger partial charge on any atom is -0.438 e. The highest BCUT2D eigenvalue weighted by atomic mass is 32.1. The second-order valence-corrected chi connectivity index (χ2v) is 15.9. The van der Waals surface area contributed by atoms with Crippen LogP contribution in [0.2, 0.25) is 18.1 Å². The van der Waals surface area contributed by atoms with Crippen LogP contribution in [0.1, 0.15) is 58.4 Å². The summed E-state index contributed by atoms with van der Waals surface area (Å²) >= 11 is 5.68. The summed E-state index contributed by atoms with van der Waals surface area (Å²) in [6, 6.07) is 7.76. The third-order valence-electron chi connectivity index (χ3n) is 7.46. The zero-order valence-corrected chi connectivity index (χ0v) is 24.0. The van der Waals surface area contributed by atoms with Gasteiger partial charge in [0.15, 0.2) is 20.3 Å². The van der Waals surface area contributed by atoms with Crippen LogP contribution in [-0.4, -0.2) is 29.7 Å². The first kappa shape index (κ1) is 27.4. The monoisotopic (exact) mass is 515 g/mol. The Morgan fingerprint density at radius 2 is 1.89 bits per heavy atom. The number of hydrogen-bond donors (Lipinski definition) is 0. The van der Waals surface area contributed by atoms with Crippen molar-refractivity contribution in [3.8, 4) is 11.6 Å². The van der Waals surface area contributed by atoms with Gasteiger partial charge in [0.1, 0.15) is 5.75 Å². The highest BCUT2D eigenvalue weighted by molar-refractivity contribution is 7.71. The summed E-state index contributed by atoms with van der Waals surface area (Å²) in [6.07, 6.45) is 1.39. The van der Waals surface area contributed by atoms with Gasteiger partial charge in [-0.1, -0.05) is 57.9 Å². The van der Waals surface area contributed by atoms with Crippen molar-refractivity contribution in [2.24, 2.45) is 11.0 Å². The van der Waals surface area contributed by atoms with E-state index in [0.717, 1.165) is 16.9 Å². The van der Waals surface area contributed by atoms with Gasteiger partial charge in [0, 0.05) is 23.1 Å². The molecular weight excluding hydrogens is 478 g/mol. The molecule has 0 bridgehead atoms. The second kappa shape index (κ2) is 10.0. The Bertz CT molecular complexity index is 1170. The van der Waals surface area contributed by atoms with Crippen LogP contribution < -0.4 is 4.74 Å². The summed E-state index contributed by atoms with van der Waals surface area (Å²) in [5, 5.41) is 4.09. The third kappa shape index (κ3) is 5.32. The highest BCUT2D eigenvalue weighted by Crippen LogP contribution is 2.49. The zero-order valence-electron chi connectivity index (χ0n) is 22.2. The van der Waals surface area contributed by atoms with Crippen LogP contribution >= 0.6 is 12.2 Å². The van der Waals surface area contributed by atoms with Crippen molar-refractivity contribution in [3.05, 3.63) is 56.8 Å². The second-order valence-electron chi connectivity index (χ2n) is 10.8. The van der Waals surface area contributed by atoms with Crippen LogP contribution in [0, 0.1) is 24.5 Å². The normalized spacial score (nSPS) is 24.8. The molecule has 35 heavy (non-hydrogen) atoms. The quantitative estimate of drug-likeness (QED) is 0.122. The maximum absolute atomic E-state index is 9.31. The fourth-order valence-electron chi connectivity index (χ4n) is 4.16. The summed E-state index contributed by atoms with van der Waals surface area (Å²) in [5.74, 6) is 0.994. The van der Waals surface area contributed by atoms with Crippen molar-refractivity contribution in [1.29, 1.82) is 0 Å². The van der Waals surface area contributed by atoms with E-state index in [2.05, 4.69) is 48.9 Å². The van der Waals surface area contributed by atoms with Crippen molar-refractivity contribution in [2.75, 3.05) is 0 Å². The number of rotatable bonds is 7. The topological polar surface area (TPSA) is 94.3 Å². The van der Waals surface area contributed by atoms with E-state index in [1.807, 2.05) is 52.1 Å². The summed E-state index contributed by atoms with van der Waals surface area (Å²) in [7, 11) is -2.18. The van der Waals surface area contributed by atoms with Crippen LogP contribution in [0.4, 0.5) is 0 Å². The lowest BCUT2D eigenvalue weighted by Crippen LogP contribution is -2.47. The van der Waals surface area contributed by atoms with E-state index in [4.69, 9.17) is 26.1 Å². The molecule has 2 heterocycles. The van der Waals surface area contributed by atoms with E-state index < -0.39 is 20.3 Å². The van der Waals surface area contributed by atoms with Crippen LogP contribution in [0.5, 0.6) is 11.6 Å². The Morgan fingerprint density at radius 3 is 2.40 bits per heavy atom. The lowest BCUT2D eigenvalue weighted by Gasteiger charge is -2.40. The number of aromatic nitrogens is 2. The molecule has 8 nitrogen and oxygen atoms in total. The maximum atomic E-state index is 9.31. The van der Waals surface area contributed by atoms with E-state index in [9.17, 15) is 5.53 Å². The number of aryl methyl sites for hydroxylation is 2. The predicted molar refractivity (Wildman–Crippen MR) is 143 cm³/mol. The van der Waals surface area contributed by atoms with Gasteiger partial charge < -0.3 is 13.9 Å². The molecule has 0 aliphatic carbocycles. The molecule has 1 fully saturated rings. The fraction of sp³-hybridized carbons (Fsp3) is 0.600. The number of para-hydroxylation sites is 1. The SMILES string of the molecule is CC[C@@]1(N=[N+]=[N-])O[C@@H](n2ccc(Oc3c(C)cccc3C)nc2=S)C(O[Si](C)(C)C(C)(C)C)[C@H]1C. The van der Waals surface area contributed by atoms with Gasteiger partial charge in [-0.15, -0.1) is 0 Å². The zero-order chi connectivity index (χ0) is 26.2. The molecule has 0 amide bonds. The number of benzene rings is 1. The highest BCUT2D eigenvalue weighted by Gasteiger charge is 2.55. The van der Waals surface area contributed by atoms with Gasteiger partial charge in [0.25, 0.3) is 0 Å². The first-order valence-corrected chi connectivity index (χ1v) is 15.3. The van der Waals surface area contributed by atoms with Gasteiger partial charge in [-0.25, -0.2) is 0 Å². The van der Waals surface area contributed by atoms with Crippen molar-refractivity contribution >= 4 is 20.5 Å². The standard InChI is InChI=1S/C25H37N5O3SSi/c1-10-25(28-29-26)18(4)21(33-35(8,9)24(5,6)7)22(32-25)30-15-14-19(27-23(30)34)31-20-16(2)12-11-13-17(20)3/h11-15,18,21-22H,10H2,1-9H3/t18-,21?,22-,25-/m1/s1. The molecule has 1 aromatic heterocycles. The lowest BCUT2D eigenvalue weighted by molar-refractivity contribution is -0.0909. The number of azide groups is 1. The van der Waals surface area contributed by atoms with E-state index >= 15 is 0 Å². The Hall–Kier alpha value is -2.23. The Balaban J connectivity index is 2.02.